The van der Waals surface area contributed by atoms with E-state index in [0.29, 0.717) is 0 Å². The number of nitrogens with zero attached hydrogens (tertiary/aromatic N) is 3. The van der Waals surface area contributed by atoms with E-state index >= 15 is 0 Å². The Balaban J connectivity index is 1.67. The summed E-state index contributed by atoms with van der Waals surface area (Å²) in [5.74, 6) is 0.791. The fourth-order valence-corrected chi connectivity index (χ4v) is 2.93. The number of para-hydroxylation sites is 1. The molecular formula is C25H21N3. The zero-order valence-electron chi connectivity index (χ0n) is 15.7. The molecule has 0 N–H and O–H groups in total. The minimum atomic E-state index is 0.791. The van der Waals surface area contributed by atoms with Crippen LogP contribution in [0.25, 0.3) is 23.0 Å². The lowest BCUT2D eigenvalue weighted by Crippen LogP contribution is -1.95. The summed E-state index contributed by atoms with van der Waals surface area (Å²) in [4.78, 5) is 4.65. The summed E-state index contributed by atoms with van der Waals surface area (Å²) in [6.45, 7) is 2.08. The summed E-state index contributed by atoms with van der Waals surface area (Å²) < 4.78 is 1.88. The second-order valence-corrected chi connectivity index (χ2v) is 6.55. The first-order valence-corrected chi connectivity index (χ1v) is 9.28. The van der Waals surface area contributed by atoms with E-state index in [9.17, 15) is 0 Å². The van der Waals surface area contributed by atoms with Crippen molar-refractivity contribution < 1.29 is 0 Å². The molecule has 136 valence electrons. The van der Waals surface area contributed by atoms with E-state index in [1.54, 1.807) is 0 Å². The first-order valence-electron chi connectivity index (χ1n) is 9.28. The van der Waals surface area contributed by atoms with Gasteiger partial charge in [0.2, 0.25) is 0 Å². The van der Waals surface area contributed by atoms with E-state index < -0.39 is 0 Å². The highest BCUT2D eigenvalue weighted by Crippen LogP contribution is 2.26. The maximum atomic E-state index is 4.80. The average molecular weight is 363 g/mol. The molecule has 0 aliphatic heterocycles. The predicted octanol–water partition coefficient (Wildman–Crippen LogP) is 6.26. The Morgan fingerprint density at radius 1 is 0.821 bits per heavy atom. The van der Waals surface area contributed by atoms with Crippen LogP contribution in [0.5, 0.6) is 0 Å². The second-order valence-electron chi connectivity index (χ2n) is 6.55. The highest BCUT2D eigenvalue weighted by atomic mass is 15.3. The monoisotopic (exact) mass is 363 g/mol. The zero-order valence-corrected chi connectivity index (χ0v) is 15.7. The van der Waals surface area contributed by atoms with E-state index in [2.05, 4.69) is 48.3 Å². The third-order valence-corrected chi connectivity index (χ3v) is 4.42. The quantitative estimate of drug-likeness (QED) is 0.385. The lowest BCUT2D eigenvalue weighted by atomic mass is 10.1. The zero-order chi connectivity index (χ0) is 19.2. The molecule has 3 nitrogen and oxygen atoms in total. The largest absolute Gasteiger partial charge is 0.237 e. The molecule has 0 amide bonds. The molecule has 1 heterocycles. The van der Waals surface area contributed by atoms with Crippen LogP contribution in [0.15, 0.2) is 102 Å². The molecule has 3 heteroatoms. The third-order valence-electron chi connectivity index (χ3n) is 4.42. The smallest absolute Gasteiger partial charge is 0.156 e. The summed E-state index contributed by atoms with van der Waals surface area (Å²) in [6, 6.07) is 30.7. The average Bonchev–Trinajstić information content (AvgIpc) is 3.17. The topological polar surface area (TPSA) is 30.2 Å². The summed E-state index contributed by atoms with van der Waals surface area (Å²) in [5, 5.41) is 4.80. The van der Waals surface area contributed by atoms with Crippen molar-refractivity contribution in [3.05, 3.63) is 108 Å². The van der Waals surface area contributed by atoms with Crippen molar-refractivity contribution in [1.82, 2.24) is 9.78 Å². The highest BCUT2D eigenvalue weighted by Gasteiger charge is 2.10. The fraction of sp³-hybridized carbons (Fsp3) is 0.0400. The van der Waals surface area contributed by atoms with Gasteiger partial charge in [0.25, 0.3) is 0 Å². The number of aliphatic imine (C=N–C) groups is 1. The van der Waals surface area contributed by atoms with Crippen molar-refractivity contribution in [1.29, 1.82) is 0 Å². The van der Waals surface area contributed by atoms with Crippen LogP contribution in [-0.2, 0) is 0 Å². The fourth-order valence-electron chi connectivity index (χ4n) is 2.93. The first kappa shape index (κ1) is 17.7. The molecule has 0 unspecified atom stereocenters. The Bertz CT molecular complexity index is 1090. The molecule has 3 aromatic carbocycles. The van der Waals surface area contributed by atoms with Gasteiger partial charge in [0.05, 0.1) is 11.4 Å². The van der Waals surface area contributed by atoms with Gasteiger partial charge in [0.1, 0.15) is 0 Å². The van der Waals surface area contributed by atoms with Gasteiger partial charge in [0, 0.05) is 17.8 Å². The van der Waals surface area contributed by atoms with E-state index in [0.717, 1.165) is 28.3 Å². The van der Waals surface area contributed by atoms with Gasteiger partial charge in [-0.25, -0.2) is 9.67 Å². The lowest BCUT2D eigenvalue weighted by molar-refractivity contribution is 0.885. The second kappa shape index (κ2) is 8.31. The summed E-state index contributed by atoms with van der Waals surface area (Å²) in [5.41, 5.74) is 5.35. The van der Waals surface area contributed by atoms with Crippen LogP contribution in [0.3, 0.4) is 0 Å². The van der Waals surface area contributed by atoms with E-state index in [1.807, 2.05) is 77.6 Å². The molecule has 4 aromatic rings. The molecule has 0 fully saturated rings. The molecule has 1 aromatic heterocycles. The van der Waals surface area contributed by atoms with Gasteiger partial charge in [-0.05, 0) is 30.7 Å². The molecule has 0 atom stereocenters. The summed E-state index contributed by atoms with van der Waals surface area (Å²) >= 11 is 0. The van der Waals surface area contributed by atoms with Crippen LogP contribution in [0.2, 0.25) is 0 Å². The number of rotatable bonds is 5. The third kappa shape index (κ3) is 4.15. The minimum absolute atomic E-state index is 0.791. The molecule has 0 saturated heterocycles. The van der Waals surface area contributed by atoms with Crippen LogP contribution in [0.4, 0.5) is 5.82 Å². The molecule has 0 bridgehead atoms. The number of hydrogen-bond donors (Lipinski definition) is 0. The van der Waals surface area contributed by atoms with Crippen molar-refractivity contribution >= 4 is 18.1 Å². The van der Waals surface area contributed by atoms with Crippen LogP contribution < -0.4 is 0 Å². The molecule has 0 radical (unpaired) electrons. The maximum Gasteiger partial charge on any atom is 0.156 e. The number of aryl methyl sites for hydroxylation is 1. The van der Waals surface area contributed by atoms with Crippen LogP contribution in [0.1, 0.15) is 11.1 Å². The first-order chi connectivity index (χ1) is 13.8. The normalized spacial score (nSPS) is 11.5. The molecule has 0 aliphatic rings. The Kier molecular flexibility index (Phi) is 5.25. The molecule has 0 saturated carbocycles. The Labute approximate surface area is 165 Å². The standard InChI is InChI=1S/C25H21N3/c1-20-14-16-22(17-15-20)24-19-25(28(27-24)23-12-6-3-7-13-23)26-18-8-11-21-9-4-2-5-10-21/h2-19H,1H3. The number of aromatic nitrogens is 2. The van der Waals surface area contributed by atoms with Gasteiger partial charge in [-0.2, -0.15) is 5.10 Å². The predicted molar refractivity (Wildman–Crippen MR) is 117 cm³/mol. The summed E-state index contributed by atoms with van der Waals surface area (Å²) in [6.07, 6.45) is 5.79. The lowest BCUT2D eigenvalue weighted by Gasteiger charge is -2.03. The molecule has 0 aliphatic carbocycles. The Morgan fingerprint density at radius 3 is 2.21 bits per heavy atom. The number of hydrogen-bond acceptors (Lipinski definition) is 2. The number of allylic oxidation sites excluding steroid dienone is 1. The van der Waals surface area contributed by atoms with Gasteiger partial charge in [-0.15, -0.1) is 0 Å². The Morgan fingerprint density at radius 2 is 1.50 bits per heavy atom. The van der Waals surface area contributed by atoms with Crippen molar-refractivity contribution in [2.45, 2.75) is 6.92 Å². The van der Waals surface area contributed by atoms with Gasteiger partial charge < -0.3 is 0 Å². The van der Waals surface area contributed by atoms with Crippen LogP contribution in [0, 0.1) is 6.92 Å². The van der Waals surface area contributed by atoms with Crippen LogP contribution in [-0.4, -0.2) is 16.0 Å². The Hall–Kier alpha value is -3.72. The molecular weight excluding hydrogens is 342 g/mol. The van der Waals surface area contributed by atoms with Crippen LogP contribution >= 0.6 is 0 Å². The van der Waals surface area contributed by atoms with Crippen molar-refractivity contribution in [3.8, 4) is 16.9 Å². The molecule has 28 heavy (non-hydrogen) atoms. The number of benzene rings is 3. The van der Waals surface area contributed by atoms with E-state index in [1.165, 1.54) is 5.56 Å². The highest BCUT2D eigenvalue weighted by molar-refractivity contribution is 5.80. The maximum absolute atomic E-state index is 4.80. The molecule has 0 spiro atoms. The van der Waals surface area contributed by atoms with Crippen molar-refractivity contribution in [2.24, 2.45) is 4.99 Å². The van der Waals surface area contributed by atoms with Crippen molar-refractivity contribution in [3.63, 3.8) is 0 Å². The van der Waals surface area contributed by atoms with Gasteiger partial charge >= 0.3 is 0 Å². The van der Waals surface area contributed by atoms with E-state index in [-0.39, 0.29) is 0 Å². The van der Waals surface area contributed by atoms with Crippen molar-refractivity contribution in [2.75, 3.05) is 0 Å². The van der Waals surface area contributed by atoms with Gasteiger partial charge in [-0.3, -0.25) is 0 Å². The molecule has 4 rings (SSSR count). The minimum Gasteiger partial charge on any atom is -0.237 e. The SMILES string of the molecule is Cc1ccc(-c2cc(N=CC=Cc3ccccc3)n(-c3ccccc3)n2)cc1. The van der Waals surface area contributed by atoms with E-state index in [4.69, 9.17) is 5.10 Å². The van der Waals surface area contributed by atoms with Gasteiger partial charge in [0.15, 0.2) is 5.82 Å². The summed E-state index contributed by atoms with van der Waals surface area (Å²) in [7, 11) is 0. The van der Waals surface area contributed by atoms with Gasteiger partial charge in [-0.1, -0.05) is 84.4 Å².